The molecule has 26 heavy (non-hydrogen) atoms. The fourth-order valence-corrected chi connectivity index (χ4v) is 2.63. The lowest BCUT2D eigenvalue weighted by Gasteiger charge is -2.15. The molecule has 0 aliphatic heterocycles. The summed E-state index contributed by atoms with van der Waals surface area (Å²) < 4.78 is 39.4. The largest absolute Gasteiger partial charge is 0.506 e. The quantitative estimate of drug-likeness (QED) is 0.430. The minimum Gasteiger partial charge on any atom is -0.506 e. The molecule has 0 aliphatic carbocycles. The molecule has 12 heteroatoms. The third kappa shape index (κ3) is 3.79. The highest BCUT2D eigenvalue weighted by atomic mass is 79.9. The Bertz CT molecular complexity index is 882. The van der Waals surface area contributed by atoms with E-state index in [0.717, 1.165) is 22.9 Å². The minimum atomic E-state index is -4.69. The average molecular weight is 437 g/mol. The highest BCUT2D eigenvalue weighted by Gasteiger charge is 2.39. The van der Waals surface area contributed by atoms with Crippen molar-refractivity contribution in [1.82, 2.24) is 9.78 Å². The van der Waals surface area contributed by atoms with Gasteiger partial charge in [0.2, 0.25) is 5.91 Å². The van der Waals surface area contributed by atoms with Crippen molar-refractivity contribution in [3.05, 3.63) is 44.2 Å². The van der Waals surface area contributed by atoms with Gasteiger partial charge in [-0.2, -0.15) is 18.3 Å². The summed E-state index contributed by atoms with van der Waals surface area (Å²) in [5.41, 5.74) is -1.57. The summed E-state index contributed by atoms with van der Waals surface area (Å²) >= 11 is 2.82. The van der Waals surface area contributed by atoms with Gasteiger partial charge >= 0.3 is 6.18 Å². The van der Waals surface area contributed by atoms with Crippen LogP contribution in [0.5, 0.6) is 5.75 Å². The van der Waals surface area contributed by atoms with Crippen LogP contribution in [0, 0.1) is 17.0 Å². The van der Waals surface area contributed by atoms with Crippen molar-refractivity contribution in [1.29, 1.82) is 0 Å². The zero-order chi connectivity index (χ0) is 19.8. The normalized spacial score (nSPS) is 12.7. The molecule has 2 rings (SSSR count). The first kappa shape index (κ1) is 19.7. The Morgan fingerprint density at radius 2 is 2.08 bits per heavy atom. The fourth-order valence-electron chi connectivity index (χ4n) is 2.14. The second-order valence-corrected chi connectivity index (χ2v) is 6.11. The van der Waals surface area contributed by atoms with Crippen LogP contribution >= 0.6 is 15.9 Å². The zero-order valence-electron chi connectivity index (χ0n) is 13.3. The third-order valence-corrected chi connectivity index (χ3v) is 4.49. The number of aromatic hydroxyl groups is 1. The van der Waals surface area contributed by atoms with Gasteiger partial charge < -0.3 is 10.4 Å². The first-order chi connectivity index (χ1) is 11.9. The van der Waals surface area contributed by atoms with Crippen molar-refractivity contribution in [2.75, 3.05) is 5.32 Å². The van der Waals surface area contributed by atoms with Gasteiger partial charge in [-0.05, 0) is 35.8 Å². The molecule has 0 aliphatic rings. The van der Waals surface area contributed by atoms with Gasteiger partial charge in [-0.1, -0.05) is 0 Å². The standard InChI is InChI=1S/C14H12BrF3N4O4/c1-6-11(15)12(14(16,17)18)20-21(6)7(2)13(24)19-9-4-3-8(22(25)26)5-10(9)23/h3-5,7,23H,1-2H3,(H,19,24). The molecule has 0 radical (unpaired) electrons. The average Bonchev–Trinajstić information content (AvgIpc) is 2.84. The summed E-state index contributed by atoms with van der Waals surface area (Å²) in [6, 6.07) is 1.89. The number of hydrogen-bond acceptors (Lipinski definition) is 5. The molecule has 2 N–H and O–H groups in total. The number of aromatic nitrogens is 2. The van der Waals surface area contributed by atoms with E-state index in [0.29, 0.717) is 0 Å². The maximum atomic E-state index is 12.9. The molecule has 0 fully saturated rings. The number of phenols is 1. The monoisotopic (exact) mass is 436 g/mol. The van der Waals surface area contributed by atoms with Crippen molar-refractivity contribution in [2.45, 2.75) is 26.1 Å². The molecule has 1 atom stereocenters. The van der Waals surface area contributed by atoms with Crippen LogP contribution in [-0.2, 0) is 11.0 Å². The van der Waals surface area contributed by atoms with E-state index < -0.39 is 34.5 Å². The molecule has 0 spiro atoms. The Morgan fingerprint density at radius 1 is 1.46 bits per heavy atom. The number of nitrogens with one attached hydrogen (secondary N) is 1. The number of non-ortho nitro benzene ring substituents is 1. The van der Waals surface area contributed by atoms with E-state index in [1.165, 1.54) is 13.8 Å². The van der Waals surface area contributed by atoms with E-state index in [9.17, 15) is 33.2 Å². The van der Waals surface area contributed by atoms with E-state index in [4.69, 9.17) is 0 Å². The number of carbonyl (C=O) groups is 1. The summed E-state index contributed by atoms with van der Waals surface area (Å²) in [6.45, 7) is 2.68. The predicted molar refractivity (Wildman–Crippen MR) is 87.8 cm³/mol. The number of anilines is 1. The van der Waals surface area contributed by atoms with Crippen molar-refractivity contribution < 1.29 is 28.0 Å². The summed E-state index contributed by atoms with van der Waals surface area (Å²) in [7, 11) is 0. The number of rotatable bonds is 4. The summed E-state index contributed by atoms with van der Waals surface area (Å²) in [5, 5.41) is 26.1. The van der Waals surface area contributed by atoms with E-state index in [1.54, 1.807) is 0 Å². The molecular weight excluding hydrogens is 425 g/mol. The van der Waals surface area contributed by atoms with E-state index >= 15 is 0 Å². The van der Waals surface area contributed by atoms with E-state index in [-0.39, 0.29) is 21.5 Å². The molecule has 8 nitrogen and oxygen atoms in total. The van der Waals surface area contributed by atoms with Crippen LogP contribution in [0.25, 0.3) is 0 Å². The molecule has 1 unspecified atom stereocenters. The number of nitro benzene ring substituents is 1. The van der Waals surface area contributed by atoms with Crippen molar-refractivity contribution in [3.63, 3.8) is 0 Å². The van der Waals surface area contributed by atoms with Gasteiger partial charge in [-0.15, -0.1) is 0 Å². The van der Waals surface area contributed by atoms with Crippen LogP contribution in [0.3, 0.4) is 0 Å². The first-order valence-corrected chi connectivity index (χ1v) is 7.82. The molecule has 0 saturated heterocycles. The summed E-state index contributed by atoms with van der Waals surface area (Å²) in [4.78, 5) is 22.2. The van der Waals surface area contributed by atoms with Crippen LogP contribution in [0.15, 0.2) is 22.7 Å². The van der Waals surface area contributed by atoms with Crippen molar-refractivity contribution >= 4 is 33.2 Å². The van der Waals surface area contributed by atoms with Gasteiger partial charge in [0.25, 0.3) is 5.69 Å². The van der Waals surface area contributed by atoms with Crippen LogP contribution in [0.2, 0.25) is 0 Å². The maximum Gasteiger partial charge on any atom is 0.436 e. The van der Waals surface area contributed by atoms with Gasteiger partial charge in [-0.3, -0.25) is 19.6 Å². The van der Waals surface area contributed by atoms with Crippen LogP contribution in [0.4, 0.5) is 24.5 Å². The van der Waals surface area contributed by atoms with Gasteiger partial charge in [0.1, 0.15) is 11.8 Å². The Labute approximate surface area is 152 Å². The minimum absolute atomic E-state index is 0.0906. The lowest BCUT2D eigenvalue weighted by Crippen LogP contribution is -2.25. The molecular formula is C14H12BrF3N4O4. The lowest BCUT2D eigenvalue weighted by atomic mass is 10.2. The van der Waals surface area contributed by atoms with Gasteiger partial charge in [0, 0.05) is 6.07 Å². The van der Waals surface area contributed by atoms with E-state index in [1.807, 2.05) is 0 Å². The number of hydrogen-bond donors (Lipinski definition) is 2. The number of alkyl halides is 3. The summed E-state index contributed by atoms with van der Waals surface area (Å²) in [6.07, 6.45) is -4.69. The number of carbonyl (C=O) groups excluding carboxylic acids is 1. The molecule has 2 aromatic rings. The Hall–Kier alpha value is -2.63. The molecule has 1 aromatic carbocycles. The number of benzene rings is 1. The molecule has 1 amide bonds. The van der Waals surface area contributed by atoms with Crippen molar-refractivity contribution in [3.8, 4) is 5.75 Å². The van der Waals surface area contributed by atoms with Gasteiger partial charge in [-0.25, -0.2) is 0 Å². The third-order valence-electron chi connectivity index (χ3n) is 3.54. The highest BCUT2D eigenvalue weighted by Crippen LogP contribution is 2.36. The predicted octanol–water partition coefficient (Wildman–Crippen LogP) is 3.79. The fraction of sp³-hybridized carbons (Fsp3) is 0.286. The topological polar surface area (TPSA) is 110 Å². The van der Waals surface area contributed by atoms with Crippen LogP contribution in [0.1, 0.15) is 24.4 Å². The number of halogens is 4. The SMILES string of the molecule is Cc1c(Br)c(C(F)(F)F)nn1C(C)C(=O)Nc1ccc([N+](=O)[O-])cc1O. The van der Waals surface area contributed by atoms with Crippen molar-refractivity contribution in [2.24, 2.45) is 0 Å². The molecule has 0 bridgehead atoms. The number of phenolic OH excluding ortho intramolecular Hbond substituents is 1. The number of nitro groups is 1. The van der Waals surface area contributed by atoms with E-state index in [2.05, 4.69) is 26.3 Å². The first-order valence-electron chi connectivity index (χ1n) is 7.03. The Morgan fingerprint density at radius 3 is 2.54 bits per heavy atom. The second-order valence-electron chi connectivity index (χ2n) is 5.31. The number of amides is 1. The van der Waals surface area contributed by atoms with Crippen LogP contribution in [-0.4, -0.2) is 25.7 Å². The summed E-state index contributed by atoms with van der Waals surface area (Å²) in [5.74, 6) is -1.31. The highest BCUT2D eigenvalue weighted by molar-refractivity contribution is 9.10. The molecule has 140 valence electrons. The lowest BCUT2D eigenvalue weighted by molar-refractivity contribution is -0.384. The smallest absolute Gasteiger partial charge is 0.436 e. The Kier molecular flexibility index (Phi) is 5.26. The molecule has 1 aromatic heterocycles. The Balaban J connectivity index is 2.27. The van der Waals surface area contributed by atoms with Crippen LogP contribution < -0.4 is 5.32 Å². The maximum absolute atomic E-state index is 12.9. The zero-order valence-corrected chi connectivity index (χ0v) is 14.9. The van der Waals surface area contributed by atoms with Gasteiger partial charge in [0.05, 0.1) is 26.8 Å². The molecule has 1 heterocycles. The number of nitrogens with zero attached hydrogens (tertiary/aromatic N) is 3. The molecule has 0 saturated carbocycles. The van der Waals surface area contributed by atoms with Gasteiger partial charge in [0.15, 0.2) is 5.69 Å². The second kappa shape index (κ2) is 6.94.